The van der Waals surface area contributed by atoms with Gasteiger partial charge in [-0.2, -0.15) is 0 Å². The predicted octanol–water partition coefficient (Wildman–Crippen LogP) is 3.98. The normalized spacial score (nSPS) is 16.5. The number of fused-ring (bicyclic) bond motifs is 2. The molecule has 3 heterocycles. The number of nitrogens with zero attached hydrogens (tertiary/aromatic N) is 5. The molecular formula is C24H32N6O. The minimum absolute atomic E-state index is 0.480. The van der Waals surface area contributed by atoms with Crippen LogP contribution in [0.1, 0.15) is 32.1 Å². The highest BCUT2D eigenvalue weighted by Crippen LogP contribution is 2.33. The standard InChI is InChI=1S/C16H15N5O.C8H17N/c1-21-4-5-22-14-7-11(8-18-16(14)21)10-2-3-13-12(6-10)15(17)20-9-19-13;1-9(2)8-6-4-3-5-7-8/h2-3,6-9H,4-5H2,1H3,(H2,17,19,20);8H,3-7H2,1-2H3. The Morgan fingerprint density at radius 3 is 2.58 bits per heavy atom. The molecule has 2 aromatic heterocycles. The average molecular weight is 421 g/mol. The lowest BCUT2D eigenvalue weighted by Crippen LogP contribution is -2.29. The van der Waals surface area contributed by atoms with E-state index in [2.05, 4.69) is 38.8 Å². The van der Waals surface area contributed by atoms with Crippen molar-refractivity contribution in [1.82, 2.24) is 19.9 Å². The second-order valence-electron chi connectivity index (χ2n) is 8.56. The number of benzene rings is 1. The predicted molar refractivity (Wildman–Crippen MR) is 127 cm³/mol. The maximum Gasteiger partial charge on any atom is 0.171 e. The molecule has 0 saturated heterocycles. The van der Waals surface area contributed by atoms with Gasteiger partial charge in [-0.15, -0.1) is 0 Å². The quantitative estimate of drug-likeness (QED) is 0.671. The lowest BCUT2D eigenvalue weighted by molar-refractivity contribution is 0.229. The fourth-order valence-electron chi connectivity index (χ4n) is 4.24. The molecule has 7 nitrogen and oxygen atoms in total. The molecule has 164 valence electrons. The second kappa shape index (κ2) is 9.47. The molecule has 3 aromatic rings. The SMILES string of the molecule is CN(C)C1CCCCC1.CN1CCOc2cc(-c3ccc4ncnc(N)c4c3)cnc21. The average Bonchev–Trinajstić information content (AvgIpc) is 2.80. The Morgan fingerprint density at radius 2 is 1.84 bits per heavy atom. The van der Waals surface area contributed by atoms with Crippen LogP contribution in [0.5, 0.6) is 5.75 Å². The van der Waals surface area contributed by atoms with Crippen LogP contribution in [0, 0.1) is 0 Å². The van der Waals surface area contributed by atoms with Crippen molar-refractivity contribution in [3.05, 3.63) is 36.8 Å². The first kappa shape index (κ1) is 21.3. The minimum atomic E-state index is 0.480. The summed E-state index contributed by atoms with van der Waals surface area (Å²) in [6, 6.07) is 8.83. The summed E-state index contributed by atoms with van der Waals surface area (Å²) in [5.41, 5.74) is 8.77. The Hall–Kier alpha value is -2.93. The van der Waals surface area contributed by atoms with Crippen molar-refractivity contribution >= 4 is 22.5 Å². The molecule has 2 aliphatic rings. The summed E-state index contributed by atoms with van der Waals surface area (Å²) in [7, 11) is 6.40. The molecule has 31 heavy (non-hydrogen) atoms. The number of nitrogen functional groups attached to an aromatic ring is 1. The maximum absolute atomic E-state index is 5.93. The van der Waals surface area contributed by atoms with E-state index < -0.39 is 0 Å². The van der Waals surface area contributed by atoms with E-state index >= 15 is 0 Å². The molecule has 2 N–H and O–H groups in total. The summed E-state index contributed by atoms with van der Waals surface area (Å²) < 4.78 is 5.71. The van der Waals surface area contributed by atoms with E-state index in [-0.39, 0.29) is 0 Å². The van der Waals surface area contributed by atoms with Gasteiger partial charge in [-0.1, -0.05) is 25.3 Å². The first-order valence-electron chi connectivity index (χ1n) is 11.0. The number of hydrogen-bond acceptors (Lipinski definition) is 7. The lowest BCUT2D eigenvalue weighted by atomic mass is 9.95. The van der Waals surface area contributed by atoms with Gasteiger partial charge in [0.15, 0.2) is 11.6 Å². The topological polar surface area (TPSA) is 80.4 Å². The molecule has 0 atom stereocenters. The Morgan fingerprint density at radius 1 is 1.03 bits per heavy atom. The van der Waals surface area contributed by atoms with Crippen LogP contribution in [0.25, 0.3) is 22.0 Å². The van der Waals surface area contributed by atoms with Gasteiger partial charge in [0.1, 0.15) is 18.8 Å². The molecule has 0 unspecified atom stereocenters. The largest absolute Gasteiger partial charge is 0.488 e. The van der Waals surface area contributed by atoms with Gasteiger partial charge in [-0.25, -0.2) is 15.0 Å². The van der Waals surface area contributed by atoms with Crippen molar-refractivity contribution in [3.63, 3.8) is 0 Å². The number of hydrogen-bond donors (Lipinski definition) is 1. The molecule has 1 aliphatic carbocycles. The zero-order valence-corrected chi connectivity index (χ0v) is 18.7. The van der Waals surface area contributed by atoms with E-state index in [1.54, 1.807) is 0 Å². The third-order valence-corrected chi connectivity index (χ3v) is 6.18. The smallest absolute Gasteiger partial charge is 0.171 e. The highest BCUT2D eigenvalue weighted by atomic mass is 16.5. The van der Waals surface area contributed by atoms with Crippen LogP contribution < -0.4 is 15.4 Å². The summed E-state index contributed by atoms with van der Waals surface area (Å²) in [6.07, 6.45) is 10.5. The molecule has 1 fully saturated rings. The van der Waals surface area contributed by atoms with Crippen LogP contribution in [0.3, 0.4) is 0 Å². The number of pyridine rings is 1. The van der Waals surface area contributed by atoms with Gasteiger partial charge >= 0.3 is 0 Å². The Kier molecular flexibility index (Phi) is 6.51. The third-order valence-electron chi connectivity index (χ3n) is 6.18. The third kappa shape index (κ3) is 4.88. The molecule has 1 aromatic carbocycles. The minimum Gasteiger partial charge on any atom is -0.488 e. The first-order chi connectivity index (χ1) is 15.0. The second-order valence-corrected chi connectivity index (χ2v) is 8.56. The van der Waals surface area contributed by atoms with Crippen molar-refractivity contribution in [1.29, 1.82) is 0 Å². The van der Waals surface area contributed by atoms with Crippen LogP contribution in [0.15, 0.2) is 36.8 Å². The van der Waals surface area contributed by atoms with Crippen molar-refractivity contribution in [2.75, 3.05) is 44.9 Å². The van der Waals surface area contributed by atoms with Gasteiger partial charge in [0.25, 0.3) is 0 Å². The molecule has 0 bridgehead atoms. The Balaban J connectivity index is 0.000000217. The number of rotatable bonds is 2. The molecule has 7 heteroatoms. The summed E-state index contributed by atoms with van der Waals surface area (Å²) in [5, 5.41) is 0.843. The zero-order chi connectivity index (χ0) is 21.8. The van der Waals surface area contributed by atoms with Crippen molar-refractivity contribution < 1.29 is 4.74 Å². The molecular weight excluding hydrogens is 388 g/mol. The summed E-state index contributed by atoms with van der Waals surface area (Å²) >= 11 is 0. The highest BCUT2D eigenvalue weighted by molar-refractivity contribution is 5.91. The van der Waals surface area contributed by atoms with Gasteiger partial charge in [0, 0.05) is 30.2 Å². The van der Waals surface area contributed by atoms with Crippen LogP contribution >= 0.6 is 0 Å². The summed E-state index contributed by atoms with van der Waals surface area (Å²) in [5.74, 6) is 2.16. The number of likely N-dealkylation sites (N-methyl/N-ethyl adjacent to an activating group) is 1. The van der Waals surface area contributed by atoms with Crippen molar-refractivity contribution in [2.24, 2.45) is 0 Å². The van der Waals surface area contributed by atoms with Crippen molar-refractivity contribution in [2.45, 2.75) is 38.1 Å². The molecule has 0 radical (unpaired) electrons. The number of anilines is 2. The fourth-order valence-corrected chi connectivity index (χ4v) is 4.24. The molecule has 5 rings (SSSR count). The van der Waals surface area contributed by atoms with Crippen molar-refractivity contribution in [3.8, 4) is 16.9 Å². The number of ether oxygens (including phenoxy) is 1. The van der Waals surface area contributed by atoms with E-state index in [0.29, 0.717) is 12.4 Å². The van der Waals surface area contributed by atoms with Gasteiger partial charge in [-0.05, 0) is 50.7 Å². The number of nitrogens with two attached hydrogens (primary N) is 1. The van der Waals surface area contributed by atoms with E-state index in [0.717, 1.165) is 46.2 Å². The Labute approximate surface area is 184 Å². The van der Waals surface area contributed by atoms with Crippen LogP contribution in [-0.2, 0) is 0 Å². The monoisotopic (exact) mass is 420 g/mol. The molecule has 0 amide bonds. The van der Waals surface area contributed by atoms with Gasteiger partial charge in [-0.3, -0.25) is 0 Å². The molecule has 1 saturated carbocycles. The fraction of sp³-hybridized carbons (Fsp3) is 0.458. The first-order valence-corrected chi connectivity index (χ1v) is 11.0. The Bertz CT molecular complexity index is 1030. The van der Waals surface area contributed by atoms with Gasteiger partial charge in [0.2, 0.25) is 0 Å². The van der Waals surface area contributed by atoms with Gasteiger partial charge in [0.05, 0.1) is 12.1 Å². The summed E-state index contributed by atoms with van der Waals surface area (Å²) in [4.78, 5) is 17.2. The van der Waals surface area contributed by atoms with Crippen LogP contribution in [0.2, 0.25) is 0 Å². The zero-order valence-electron chi connectivity index (χ0n) is 18.7. The lowest BCUT2D eigenvalue weighted by Gasteiger charge is -2.27. The maximum atomic E-state index is 5.93. The van der Waals surface area contributed by atoms with Crippen LogP contribution in [-0.4, -0.2) is 60.2 Å². The van der Waals surface area contributed by atoms with Crippen LogP contribution in [0.4, 0.5) is 11.6 Å². The van der Waals surface area contributed by atoms with E-state index in [1.165, 1.54) is 38.4 Å². The van der Waals surface area contributed by atoms with Gasteiger partial charge < -0.3 is 20.3 Å². The van der Waals surface area contributed by atoms with E-state index in [9.17, 15) is 0 Å². The highest BCUT2D eigenvalue weighted by Gasteiger charge is 2.17. The van der Waals surface area contributed by atoms with E-state index in [4.69, 9.17) is 10.5 Å². The van der Waals surface area contributed by atoms with E-state index in [1.807, 2.05) is 37.5 Å². The molecule has 0 spiro atoms. The summed E-state index contributed by atoms with van der Waals surface area (Å²) in [6.45, 7) is 1.52. The number of aromatic nitrogens is 3. The molecule has 1 aliphatic heterocycles.